The maximum absolute atomic E-state index is 10.9. The summed E-state index contributed by atoms with van der Waals surface area (Å²) in [4.78, 5) is 10.9. The smallest absolute Gasteiger partial charge is 0.335 e. The molecule has 0 heterocycles. The first-order valence-electron chi connectivity index (χ1n) is 5.77. The molecule has 0 aliphatic carbocycles. The lowest BCUT2D eigenvalue weighted by Crippen LogP contribution is -2.01. The summed E-state index contributed by atoms with van der Waals surface area (Å²) in [5.41, 5.74) is 2.18. The standard InChI is InChI=1S/C15H13BrO3/c1-10-2-5-12(15(17)18)8-14(10)19-9-11-3-6-13(16)7-4-11/h2-8H,9H2,1H3,(H,17,18). The minimum absolute atomic E-state index is 0.233. The first kappa shape index (κ1) is 13.6. The second-order valence-corrected chi connectivity index (χ2v) is 5.12. The Morgan fingerprint density at radius 2 is 1.89 bits per heavy atom. The van der Waals surface area contributed by atoms with Crippen LogP contribution in [0.3, 0.4) is 0 Å². The van der Waals surface area contributed by atoms with E-state index in [0.29, 0.717) is 12.4 Å². The molecule has 2 rings (SSSR count). The Labute approximate surface area is 120 Å². The molecule has 0 aromatic heterocycles. The molecular weight excluding hydrogens is 308 g/mol. The van der Waals surface area contributed by atoms with Gasteiger partial charge in [-0.2, -0.15) is 0 Å². The van der Waals surface area contributed by atoms with E-state index in [4.69, 9.17) is 9.84 Å². The van der Waals surface area contributed by atoms with Gasteiger partial charge in [0, 0.05) is 4.47 Å². The molecule has 0 spiro atoms. The third kappa shape index (κ3) is 3.58. The van der Waals surface area contributed by atoms with Crippen LogP contribution in [0.25, 0.3) is 0 Å². The number of ether oxygens (including phenoxy) is 1. The van der Waals surface area contributed by atoms with E-state index in [1.54, 1.807) is 18.2 Å². The molecule has 3 nitrogen and oxygen atoms in total. The summed E-state index contributed by atoms with van der Waals surface area (Å²) < 4.78 is 6.69. The van der Waals surface area contributed by atoms with Crippen molar-refractivity contribution in [3.63, 3.8) is 0 Å². The number of rotatable bonds is 4. The van der Waals surface area contributed by atoms with E-state index in [0.717, 1.165) is 15.6 Å². The average molecular weight is 321 g/mol. The fourth-order valence-electron chi connectivity index (χ4n) is 1.63. The van der Waals surface area contributed by atoms with Gasteiger partial charge in [-0.25, -0.2) is 4.79 Å². The van der Waals surface area contributed by atoms with Gasteiger partial charge in [-0.1, -0.05) is 34.1 Å². The Bertz CT molecular complexity index is 591. The predicted molar refractivity (Wildman–Crippen MR) is 76.6 cm³/mol. The third-order valence-electron chi connectivity index (χ3n) is 2.74. The second kappa shape index (κ2) is 5.89. The van der Waals surface area contributed by atoms with Crippen LogP contribution < -0.4 is 4.74 Å². The van der Waals surface area contributed by atoms with Crippen molar-refractivity contribution in [2.75, 3.05) is 0 Å². The van der Waals surface area contributed by atoms with Crippen LogP contribution >= 0.6 is 15.9 Å². The number of benzene rings is 2. The molecule has 2 aromatic rings. The van der Waals surface area contributed by atoms with Gasteiger partial charge in [-0.05, 0) is 42.3 Å². The first-order valence-corrected chi connectivity index (χ1v) is 6.57. The number of carbonyl (C=O) groups is 1. The van der Waals surface area contributed by atoms with Gasteiger partial charge in [-0.3, -0.25) is 0 Å². The van der Waals surface area contributed by atoms with E-state index in [9.17, 15) is 4.79 Å². The van der Waals surface area contributed by atoms with Crippen molar-refractivity contribution >= 4 is 21.9 Å². The molecule has 0 fully saturated rings. The topological polar surface area (TPSA) is 46.5 Å². The lowest BCUT2D eigenvalue weighted by molar-refractivity contribution is 0.0696. The lowest BCUT2D eigenvalue weighted by atomic mass is 10.1. The van der Waals surface area contributed by atoms with E-state index < -0.39 is 5.97 Å². The Balaban J connectivity index is 2.12. The number of hydrogen-bond donors (Lipinski definition) is 1. The van der Waals surface area contributed by atoms with Gasteiger partial charge >= 0.3 is 5.97 Å². The minimum Gasteiger partial charge on any atom is -0.489 e. The van der Waals surface area contributed by atoms with Crippen LogP contribution in [-0.4, -0.2) is 11.1 Å². The maximum atomic E-state index is 10.9. The monoisotopic (exact) mass is 320 g/mol. The first-order chi connectivity index (χ1) is 9.06. The normalized spacial score (nSPS) is 10.2. The number of carboxylic acids is 1. The fraction of sp³-hybridized carbons (Fsp3) is 0.133. The number of aromatic carboxylic acids is 1. The van der Waals surface area contributed by atoms with Gasteiger partial charge in [0.25, 0.3) is 0 Å². The van der Waals surface area contributed by atoms with Gasteiger partial charge in [-0.15, -0.1) is 0 Å². The Morgan fingerprint density at radius 1 is 1.21 bits per heavy atom. The van der Waals surface area contributed by atoms with Gasteiger partial charge in [0.1, 0.15) is 12.4 Å². The zero-order valence-electron chi connectivity index (χ0n) is 10.4. The van der Waals surface area contributed by atoms with Crippen molar-refractivity contribution in [2.45, 2.75) is 13.5 Å². The molecular formula is C15H13BrO3. The van der Waals surface area contributed by atoms with Crippen molar-refractivity contribution in [2.24, 2.45) is 0 Å². The summed E-state index contributed by atoms with van der Waals surface area (Å²) in [6.45, 7) is 2.31. The zero-order valence-corrected chi connectivity index (χ0v) is 12.0. The molecule has 0 aliphatic heterocycles. The molecule has 4 heteroatoms. The molecule has 2 aromatic carbocycles. The number of aryl methyl sites for hydroxylation is 1. The summed E-state index contributed by atoms with van der Waals surface area (Å²) in [6.07, 6.45) is 0. The maximum Gasteiger partial charge on any atom is 0.335 e. The lowest BCUT2D eigenvalue weighted by Gasteiger charge is -2.10. The molecule has 0 atom stereocenters. The molecule has 0 unspecified atom stereocenters. The van der Waals surface area contributed by atoms with Gasteiger partial charge < -0.3 is 9.84 Å². The molecule has 0 saturated heterocycles. The van der Waals surface area contributed by atoms with E-state index in [-0.39, 0.29) is 5.56 Å². The second-order valence-electron chi connectivity index (χ2n) is 4.20. The highest BCUT2D eigenvalue weighted by Gasteiger charge is 2.07. The van der Waals surface area contributed by atoms with E-state index in [1.165, 1.54) is 0 Å². The van der Waals surface area contributed by atoms with Crippen LogP contribution in [0, 0.1) is 6.92 Å². The van der Waals surface area contributed by atoms with Crippen LogP contribution in [0.4, 0.5) is 0 Å². The van der Waals surface area contributed by atoms with Gasteiger partial charge in [0.15, 0.2) is 0 Å². The van der Waals surface area contributed by atoms with Gasteiger partial charge in [0.2, 0.25) is 0 Å². The average Bonchev–Trinajstić information content (AvgIpc) is 2.39. The SMILES string of the molecule is Cc1ccc(C(=O)O)cc1OCc1ccc(Br)cc1. The molecule has 0 aliphatic rings. The largest absolute Gasteiger partial charge is 0.489 e. The van der Waals surface area contributed by atoms with Crippen LogP contribution in [0.15, 0.2) is 46.9 Å². The minimum atomic E-state index is -0.950. The van der Waals surface area contributed by atoms with Crippen LogP contribution in [0.1, 0.15) is 21.5 Å². The van der Waals surface area contributed by atoms with Crippen LogP contribution in [0.2, 0.25) is 0 Å². The van der Waals surface area contributed by atoms with Crippen molar-refractivity contribution in [3.05, 3.63) is 63.6 Å². The molecule has 1 N–H and O–H groups in total. The fourth-order valence-corrected chi connectivity index (χ4v) is 1.89. The van der Waals surface area contributed by atoms with Crippen LogP contribution in [-0.2, 0) is 6.61 Å². The molecule has 98 valence electrons. The van der Waals surface area contributed by atoms with E-state index >= 15 is 0 Å². The summed E-state index contributed by atoms with van der Waals surface area (Å²) >= 11 is 3.37. The third-order valence-corrected chi connectivity index (χ3v) is 3.27. The Morgan fingerprint density at radius 3 is 2.53 bits per heavy atom. The summed E-state index contributed by atoms with van der Waals surface area (Å²) in [5.74, 6) is -0.351. The quantitative estimate of drug-likeness (QED) is 0.924. The summed E-state index contributed by atoms with van der Waals surface area (Å²) in [6, 6.07) is 12.7. The summed E-state index contributed by atoms with van der Waals surface area (Å²) in [7, 11) is 0. The van der Waals surface area contributed by atoms with Crippen molar-refractivity contribution in [1.29, 1.82) is 0 Å². The van der Waals surface area contributed by atoms with Crippen molar-refractivity contribution in [1.82, 2.24) is 0 Å². The van der Waals surface area contributed by atoms with Crippen LogP contribution in [0.5, 0.6) is 5.75 Å². The number of halogens is 1. The zero-order chi connectivity index (χ0) is 13.8. The van der Waals surface area contributed by atoms with Crippen molar-refractivity contribution in [3.8, 4) is 5.75 Å². The predicted octanol–water partition coefficient (Wildman–Crippen LogP) is 4.03. The molecule has 0 saturated carbocycles. The van der Waals surface area contributed by atoms with Gasteiger partial charge in [0.05, 0.1) is 5.56 Å². The van der Waals surface area contributed by atoms with Crippen molar-refractivity contribution < 1.29 is 14.6 Å². The number of hydrogen-bond acceptors (Lipinski definition) is 2. The molecule has 0 radical (unpaired) electrons. The summed E-state index contributed by atoms with van der Waals surface area (Å²) in [5, 5.41) is 8.96. The van der Waals surface area contributed by atoms with E-state index in [2.05, 4.69) is 15.9 Å². The Kier molecular flexibility index (Phi) is 4.22. The molecule has 19 heavy (non-hydrogen) atoms. The Hall–Kier alpha value is -1.81. The highest BCUT2D eigenvalue weighted by Crippen LogP contribution is 2.21. The van der Waals surface area contributed by atoms with E-state index in [1.807, 2.05) is 31.2 Å². The highest BCUT2D eigenvalue weighted by atomic mass is 79.9. The number of carboxylic acid groups (broad SMARTS) is 1. The molecule has 0 bridgehead atoms. The highest BCUT2D eigenvalue weighted by molar-refractivity contribution is 9.10. The molecule has 0 amide bonds.